The van der Waals surface area contributed by atoms with Crippen molar-refractivity contribution in [2.75, 3.05) is 5.73 Å². The third-order valence-electron chi connectivity index (χ3n) is 5.16. The number of fused-ring (bicyclic) bond motifs is 2. The molecule has 0 aliphatic rings. The molecule has 0 unspecified atom stereocenters. The zero-order chi connectivity index (χ0) is 20.5. The Balaban J connectivity index is 2.02. The van der Waals surface area contributed by atoms with Crippen molar-refractivity contribution < 1.29 is 9.53 Å². The quantitative estimate of drug-likeness (QED) is 0.502. The highest BCUT2D eigenvalue weighted by Crippen LogP contribution is 2.32. The molecule has 0 radical (unpaired) electrons. The summed E-state index contributed by atoms with van der Waals surface area (Å²) in [5.41, 5.74) is 11.2. The molecule has 6 heteroatoms. The van der Waals surface area contributed by atoms with Gasteiger partial charge in [-0.25, -0.2) is 14.8 Å². The summed E-state index contributed by atoms with van der Waals surface area (Å²) in [6.07, 6.45) is 1.40. The predicted octanol–water partition coefficient (Wildman–Crippen LogP) is 4.67. The molecular weight excluding hydrogens is 364 g/mol. The number of nitrogen functional groups attached to an aromatic ring is 1. The molecule has 2 aromatic carbocycles. The molecule has 29 heavy (non-hydrogen) atoms. The molecule has 2 heterocycles. The molecule has 1 atom stereocenters. The summed E-state index contributed by atoms with van der Waals surface area (Å²) < 4.78 is 7.37. The lowest BCUT2D eigenvalue weighted by Crippen LogP contribution is -2.15. The van der Waals surface area contributed by atoms with E-state index in [4.69, 9.17) is 20.4 Å². The second-order valence-electron chi connectivity index (χ2n) is 7.13. The fourth-order valence-corrected chi connectivity index (χ4v) is 3.36. The number of carbonyl (C=O) groups is 1. The van der Waals surface area contributed by atoms with Crippen LogP contribution in [0.25, 0.3) is 27.9 Å². The Bertz CT molecular complexity index is 1210. The Morgan fingerprint density at radius 3 is 2.52 bits per heavy atom. The van der Waals surface area contributed by atoms with Gasteiger partial charge in [-0.05, 0) is 49.6 Å². The first-order chi connectivity index (χ1) is 14.0. The van der Waals surface area contributed by atoms with Crippen LogP contribution in [0.5, 0.6) is 0 Å². The standard InChI is InChI=1S/C23H24N4O2/c1-4-14(3)29-23(28)19-20-22(26-18-12-7-6-11-17(18)25-20)27(21(19)24)16-10-8-9-15(5-2)13-16/h6-14H,4-5,24H2,1-3H3/t14-/m0/s1. The van der Waals surface area contributed by atoms with E-state index >= 15 is 0 Å². The third kappa shape index (κ3) is 3.31. The lowest BCUT2D eigenvalue weighted by molar-refractivity contribution is 0.0338. The molecule has 2 aromatic heterocycles. The molecule has 4 rings (SSSR count). The Labute approximate surface area is 169 Å². The van der Waals surface area contributed by atoms with Gasteiger partial charge >= 0.3 is 5.97 Å². The van der Waals surface area contributed by atoms with Crippen LogP contribution < -0.4 is 5.73 Å². The van der Waals surface area contributed by atoms with E-state index in [9.17, 15) is 4.79 Å². The van der Waals surface area contributed by atoms with Crippen molar-refractivity contribution in [3.05, 3.63) is 59.7 Å². The summed E-state index contributed by atoms with van der Waals surface area (Å²) in [6, 6.07) is 15.6. The summed E-state index contributed by atoms with van der Waals surface area (Å²) in [7, 11) is 0. The van der Waals surface area contributed by atoms with Crippen LogP contribution in [0.2, 0.25) is 0 Å². The maximum atomic E-state index is 13.0. The van der Waals surface area contributed by atoms with Crippen molar-refractivity contribution in [3.8, 4) is 5.69 Å². The van der Waals surface area contributed by atoms with Crippen LogP contribution in [0.15, 0.2) is 48.5 Å². The zero-order valence-electron chi connectivity index (χ0n) is 16.8. The molecule has 0 spiro atoms. The van der Waals surface area contributed by atoms with Crippen LogP contribution in [0, 0.1) is 0 Å². The maximum absolute atomic E-state index is 13.0. The van der Waals surface area contributed by atoms with Gasteiger partial charge in [0.05, 0.1) is 17.1 Å². The highest BCUT2D eigenvalue weighted by atomic mass is 16.5. The van der Waals surface area contributed by atoms with Gasteiger partial charge in [0.15, 0.2) is 5.65 Å². The van der Waals surface area contributed by atoms with Gasteiger partial charge in [-0.3, -0.25) is 4.57 Å². The van der Waals surface area contributed by atoms with Crippen LogP contribution in [-0.4, -0.2) is 26.6 Å². The number of aromatic nitrogens is 3. The SMILES string of the molecule is CCc1cccc(-n2c(N)c(C(=O)O[C@@H](C)CC)c3nc4ccccc4nc32)c1. The molecule has 148 valence electrons. The van der Waals surface area contributed by atoms with Gasteiger partial charge in [-0.1, -0.05) is 38.1 Å². The molecule has 0 fully saturated rings. The topological polar surface area (TPSA) is 83.0 Å². The minimum absolute atomic E-state index is 0.211. The monoisotopic (exact) mass is 388 g/mol. The smallest absolute Gasteiger partial charge is 0.344 e. The number of carbonyl (C=O) groups excluding carboxylic acids is 1. The number of anilines is 1. The average molecular weight is 388 g/mol. The number of rotatable bonds is 5. The Hall–Kier alpha value is -3.41. The van der Waals surface area contributed by atoms with E-state index in [2.05, 4.69) is 19.1 Å². The number of benzene rings is 2. The summed E-state index contributed by atoms with van der Waals surface area (Å²) >= 11 is 0. The van der Waals surface area contributed by atoms with E-state index in [1.807, 2.05) is 50.2 Å². The van der Waals surface area contributed by atoms with Gasteiger partial charge in [-0.2, -0.15) is 0 Å². The molecular formula is C23H24N4O2. The molecule has 0 saturated carbocycles. The van der Waals surface area contributed by atoms with Crippen molar-refractivity contribution in [1.29, 1.82) is 0 Å². The number of nitrogens with two attached hydrogens (primary N) is 1. The van der Waals surface area contributed by atoms with Crippen LogP contribution in [0.3, 0.4) is 0 Å². The largest absolute Gasteiger partial charge is 0.459 e. The Kier molecular flexibility index (Phi) is 4.92. The molecule has 4 aromatic rings. The van der Waals surface area contributed by atoms with Gasteiger partial charge in [-0.15, -0.1) is 0 Å². The lowest BCUT2D eigenvalue weighted by atomic mass is 10.1. The van der Waals surface area contributed by atoms with E-state index < -0.39 is 5.97 Å². The van der Waals surface area contributed by atoms with Crippen LogP contribution >= 0.6 is 0 Å². The summed E-state index contributed by atoms with van der Waals surface area (Å²) in [6.45, 7) is 5.92. The van der Waals surface area contributed by atoms with Gasteiger partial charge in [0.1, 0.15) is 16.9 Å². The second-order valence-corrected chi connectivity index (χ2v) is 7.13. The van der Waals surface area contributed by atoms with Gasteiger partial charge in [0, 0.05) is 5.69 Å². The molecule has 2 N–H and O–H groups in total. The molecule has 0 amide bonds. The van der Waals surface area contributed by atoms with Gasteiger partial charge < -0.3 is 10.5 Å². The van der Waals surface area contributed by atoms with Crippen molar-refractivity contribution >= 4 is 34.0 Å². The normalized spacial score (nSPS) is 12.4. The second kappa shape index (κ2) is 7.54. The first-order valence-electron chi connectivity index (χ1n) is 9.90. The number of nitrogens with zero attached hydrogens (tertiary/aromatic N) is 3. The van der Waals surface area contributed by atoms with Crippen LogP contribution in [-0.2, 0) is 11.2 Å². The summed E-state index contributed by atoms with van der Waals surface area (Å²) in [5, 5.41) is 0. The number of para-hydroxylation sites is 2. The molecule has 0 saturated heterocycles. The Morgan fingerprint density at radius 1 is 1.10 bits per heavy atom. The van der Waals surface area contributed by atoms with E-state index in [-0.39, 0.29) is 17.5 Å². The number of hydrogen-bond donors (Lipinski definition) is 1. The number of hydrogen-bond acceptors (Lipinski definition) is 5. The number of esters is 1. The van der Waals surface area contributed by atoms with E-state index in [1.165, 1.54) is 5.56 Å². The number of ether oxygens (including phenoxy) is 1. The number of aryl methyl sites for hydroxylation is 1. The maximum Gasteiger partial charge on any atom is 0.344 e. The first-order valence-corrected chi connectivity index (χ1v) is 9.90. The summed E-state index contributed by atoms with van der Waals surface area (Å²) in [5.74, 6) is -0.186. The van der Waals surface area contributed by atoms with E-state index in [0.29, 0.717) is 16.7 Å². The van der Waals surface area contributed by atoms with E-state index in [0.717, 1.165) is 24.0 Å². The van der Waals surface area contributed by atoms with Crippen molar-refractivity contribution in [1.82, 2.24) is 14.5 Å². The molecule has 0 aliphatic heterocycles. The fraction of sp³-hybridized carbons (Fsp3) is 0.261. The van der Waals surface area contributed by atoms with Crippen molar-refractivity contribution in [2.45, 2.75) is 39.7 Å². The molecule has 0 aliphatic carbocycles. The molecule has 6 nitrogen and oxygen atoms in total. The van der Waals surface area contributed by atoms with Gasteiger partial charge in [0.25, 0.3) is 0 Å². The third-order valence-corrected chi connectivity index (χ3v) is 5.16. The lowest BCUT2D eigenvalue weighted by Gasteiger charge is -2.11. The van der Waals surface area contributed by atoms with Crippen LogP contribution in [0.1, 0.15) is 43.1 Å². The zero-order valence-corrected chi connectivity index (χ0v) is 16.8. The van der Waals surface area contributed by atoms with Crippen molar-refractivity contribution in [3.63, 3.8) is 0 Å². The highest BCUT2D eigenvalue weighted by Gasteiger charge is 2.26. The van der Waals surface area contributed by atoms with E-state index in [1.54, 1.807) is 4.57 Å². The minimum Gasteiger partial charge on any atom is -0.459 e. The average Bonchev–Trinajstić information content (AvgIpc) is 3.02. The molecule has 0 bridgehead atoms. The first kappa shape index (κ1) is 18.9. The van der Waals surface area contributed by atoms with Gasteiger partial charge in [0.2, 0.25) is 0 Å². The summed E-state index contributed by atoms with van der Waals surface area (Å²) in [4.78, 5) is 22.5. The minimum atomic E-state index is -0.475. The predicted molar refractivity (Wildman–Crippen MR) is 115 cm³/mol. The fourth-order valence-electron chi connectivity index (χ4n) is 3.36. The van der Waals surface area contributed by atoms with Crippen LogP contribution in [0.4, 0.5) is 5.82 Å². The Morgan fingerprint density at radius 2 is 1.83 bits per heavy atom. The van der Waals surface area contributed by atoms with Crippen molar-refractivity contribution in [2.24, 2.45) is 0 Å². The highest BCUT2D eigenvalue weighted by molar-refractivity contribution is 6.09.